The Kier molecular flexibility index (Phi) is 9.14. The molecule has 0 unspecified atom stereocenters. The number of nitrogens with one attached hydrogen (secondary N) is 3. The van der Waals surface area contributed by atoms with Crippen LogP contribution >= 0.6 is 0 Å². The molecule has 3 N–H and O–H groups in total. The molecule has 1 saturated carbocycles. The molecule has 4 rings (SSSR count). The van der Waals surface area contributed by atoms with Gasteiger partial charge in [-0.2, -0.15) is 0 Å². The van der Waals surface area contributed by atoms with Crippen LogP contribution in [0.4, 0.5) is 20.3 Å². The second-order valence-corrected chi connectivity index (χ2v) is 10.7. The molecular weight excluding hydrogens is 462 g/mol. The molecule has 1 saturated heterocycles. The van der Waals surface area contributed by atoms with Crippen LogP contribution in [0.3, 0.4) is 0 Å². The minimum Gasteiger partial charge on any atom is -0.384 e. The fourth-order valence-electron chi connectivity index (χ4n) is 5.24. The fourth-order valence-corrected chi connectivity index (χ4v) is 5.24. The number of hydrogen-bond acceptors (Lipinski definition) is 6. The van der Waals surface area contributed by atoms with E-state index in [2.05, 4.69) is 34.8 Å². The quantitative estimate of drug-likeness (QED) is 0.393. The van der Waals surface area contributed by atoms with Gasteiger partial charge in [0.05, 0.1) is 12.8 Å². The van der Waals surface area contributed by atoms with E-state index in [0.717, 1.165) is 64.0 Å². The molecule has 6 nitrogen and oxygen atoms in total. The molecule has 0 radical (unpaired) electrons. The van der Waals surface area contributed by atoms with E-state index in [4.69, 9.17) is 9.47 Å². The molecule has 0 amide bonds. The molecular formula is C28H40F2N4O2. The summed E-state index contributed by atoms with van der Waals surface area (Å²) < 4.78 is 40.3. The normalized spacial score (nSPS) is 22.7. The maximum absolute atomic E-state index is 14.8. The number of methoxy groups -OCH3 is 1. The van der Waals surface area contributed by atoms with Gasteiger partial charge in [0.1, 0.15) is 17.5 Å². The Bertz CT molecular complexity index is 992. The summed E-state index contributed by atoms with van der Waals surface area (Å²) in [6.07, 6.45) is 7.21. The van der Waals surface area contributed by atoms with Crippen molar-refractivity contribution in [2.75, 3.05) is 44.1 Å². The highest BCUT2D eigenvalue weighted by Gasteiger charge is 2.27. The van der Waals surface area contributed by atoms with Gasteiger partial charge in [-0.3, -0.25) is 0 Å². The summed E-state index contributed by atoms with van der Waals surface area (Å²) in [5, 5.41) is 10.5. The first-order valence-electron chi connectivity index (χ1n) is 13.1. The lowest BCUT2D eigenvalue weighted by atomic mass is 9.82. The van der Waals surface area contributed by atoms with Crippen molar-refractivity contribution in [3.8, 4) is 11.1 Å². The van der Waals surface area contributed by atoms with Gasteiger partial charge >= 0.3 is 0 Å². The average molecular weight is 503 g/mol. The average Bonchev–Trinajstić information content (AvgIpc) is 2.87. The lowest BCUT2D eigenvalue weighted by molar-refractivity contribution is 0.0300. The predicted octanol–water partition coefficient (Wildman–Crippen LogP) is 5.60. The Morgan fingerprint density at radius 3 is 2.47 bits per heavy atom. The van der Waals surface area contributed by atoms with Gasteiger partial charge in [-0.05, 0) is 75.1 Å². The predicted molar refractivity (Wildman–Crippen MR) is 140 cm³/mol. The van der Waals surface area contributed by atoms with Crippen molar-refractivity contribution < 1.29 is 18.3 Å². The number of ether oxygens (including phenoxy) is 2. The fraction of sp³-hybridized carbons (Fsp3) is 0.607. The van der Waals surface area contributed by atoms with Crippen LogP contribution in [0.25, 0.3) is 11.1 Å². The molecule has 2 fully saturated rings. The number of anilines is 2. The van der Waals surface area contributed by atoms with Gasteiger partial charge in [-0.15, -0.1) is 0 Å². The summed E-state index contributed by atoms with van der Waals surface area (Å²) in [5.41, 5.74) is 1.36. The summed E-state index contributed by atoms with van der Waals surface area (Å²) in [6.45, 7) is 7.34. The lowest BCUT2D eigenvalue weighted by Gasteiger charge is -2.34. The Morgan fingerprint density at radius 1 is 1.06 bits per heavy atom. The minimum absolute atomic E-state index is 0.127. The molecule has 198 valence electrons. The first-order chi connectivity index (χ1) is 17.3. The zero-order valence-electron chi connectivity index (χ0n) is 21.7. The first-order valence-corrected chi connectivity index (χ1v) is 13.1. The van der Waals surface area contributed by atoms with E-state index < -0.39 is 11.6 Å². The van der Waals surface area contributed by atoms with Crippen LogP contribution in [0, 0.1) is 17.0 Å². The smallest absolute Gasteiger partial charge is 0.149 e. The molecule has 2 aromatic rings. The molecule has 36 heavy (non-hydrogen) atoms. The third-order valence-corrected chi connectivity index (χ3v) is 7.55. The van der Waals surface area contributed by atoms with Gasteiger partial charge in [0, 0.05) is 61.8 Å². The number of hydrogen-bond donors (Lipinski definition) is 3. The number of rotatable bonds is 10. The van der Waals surface area contributed by atoms with Crippen molar-refractivity contribution in [3.05, 3.63) is 42.1 Å². The third kappa shape index (κ3) is 7.14. The van der Waals surface area contributed by atoms with E-state index in [-0.39, 0.29) is 22.6 Å². The van der Waals surface area contributed by atoms with Crippen molar-refractivity contribution in [3.63, 3.8) is 0 Å². The monoisotopic (exact) mass is 502 g/mol. The highest BCUT2D eigenvalue weighted by molar-refractivity contribution is 5.71. The van der Waals surface area contributed by atoms with E-state index in [1.54, 1.807) is 25.3 Å². The van der Waals surface area contributed by atoms with Crippen molar-refractivity contribution in [1.29, 1.82) is 0 Å². The van der Waals surface area contributed by atoms with Gasteiger partial charge in [0.2, 0.25) is 0 Å². The third-order valence-electron chi connectivity index (χ3n) is 7.55. The molecule has 1 atom stereocenters. The van der Waals surface area contributed by atoms with Crippen molar-refractivity contribution in [1.82, 2.24) is 10.3 Å². The lowest BCUT2D eigenvalue weighted by Crippen LogP contribution is -2.42. The van der Waals surface area contributed by atoms with Crippen molar-refractivity contribution in [2.45, 2.75) is 70.5 Å². The Morgan fingerprint density at radius 2 is 1.75 bits per heavy atom. The summed E-state index contributed by atoms with van der Waals surface area (Å²) in [4.78, 5) is 4.24. The van der Waals surface area contributed by atoms with E-state index in [9.17, 15) is 8.78 Å². The van der Waals surface area contributed by atoms with E-state index in [0.29, 0.717) is 24.5 Å². The molecule has 0 bridgehead atoms. The molecule has 0 spiro atoms. The molecule has 1 aliphatic carbocycles. The van der Waals surface area contributed by atoms with Crippen LogP contribution in [0.2, 0.25) is 0 Å². The first kappa shape index (κ1) is 26.8. The zero-order chi connectivity index (χ0) is 25.5. The molecule has 8 heteroatoms. The largest absolute Gasteiger partial charge is 0.384 e. The number of halogens is 2. The van der Waals surface area contributed by atoms with E-state index >= 15 is 0 Å². The highest BCUT2D eigenvalue weighted by atomic mass is 19.1. The molecule has 1 aromatic carbocycles. The summed E-state index contributed by atoms with van der Waals surface area (Å²) in [6, 6.07) is 7.48. The molecule has 2 heterocycles. The number of pyridine rings is 1. The van der Waals surface area contributed by atoms with E-state index in [1.807, 2.05) is 0 Å². The molecule has 1 aromatic heterocycles. The SMILES string of the molecule is COC[C@H](C)N[C@H]1CC[C@H](Nc2cc(-c3cc(NCC4(C)CCOCC4)ccc3F)c(F)cn2)CC1. The molecule has 2 aliphatic rings. The Labute approximate surface area is 213 Å². The maximum atomic E-state index is 14.8. The summed E-state index contributed by atoms with van der Waals surface area (Å²) in [5.74, 6) is -0.415. The number of benzene rings is 1. The number of nitrogens with zero attached hydrogens (tertiary/aromatic N) is 1. The second kappa shape index (κ2) is 12.3. The standard InChI is InChI=1S/C28H40F2N4O2/c1-19(17-35-3)33-20-4-6-21(7-5-20)34-27-15-24(26(30)16-31-27)23-14-22(8-9-25(23)29)32-18-28(2)10-12-36-13-11-28/h8-9,14-16,19-21,32-33H,4-7,10-13,17-18H2,1-3H3,(H,31,34)/t19-,20-,21-/m0/s1. The van der Waals surface area contributed by atoms with E-state index in [1.165, 1.54) is 12.3 Å². The van der Waals surface area contributed by atoms with Gasteiger partial charge in [-0.25, -0.2) is 13.8 Å². The zero-order valence-corrected chi connectivity index (χ0v) is 21.7. The van der Waals surface area contributed by atoms with Crippen LogP contribution < -0.4 is 16.0 Å². The van der Waals surface area contributed by atoms with Crippen LogP contribution in [0.1, 0.15) is 52.4 Å². The minimum atomic E-state index is -0.534. The number of aromatic nitrogens is 1. The van der Waals surface area contributed by atoms with Crippen molar-refractivity contribution in [2.24, 2.45) is 5.41 Å². The van der Waals surface area contributed by atoms with Gasteiger partial charge in [-0.1, -0.05) is 6.92 Å². The van der Waals surface area contributed by atoms with Crippen LogP contribution in [-0.4, -0.2) is 56.6 Å². The van der Waals surface area contributed by atoms with Crippen LogP contribution in [-0.2, 0) is 9.47 Å². The topological polar surface area (TPSA) is 67.4 Å². The van der Waals surface area contributed by atoms with Crippen molar-refractivity contribution >= 4 is 11.5 Å². The Balaban J connectivity index is 1.40. The second-order valence-electron chi connectivity index (χ2n) is 10.7. The maximum Gasteiger partial charge on any atom is 0.149 e. The van der Waals surface area contributed by atoms with Crippen LogP contribution in [0.15, 0.2) is 30.5 Å². The highest BCUT2D eigenvalue weighted by Crippen LogP contribution is 2.33. The van der Waals surface area contributed by atoms with Crippen LogP contribution in [0.5, 0.6) is 0 Å². The van der Waals surface area contributed by atoms with Gasteiger partial charge in [0.15, 0.2) is 0 Å². The summed E-state index contributed by atoms with van der Waals surface area (Å²) in [7, 11) is 1.72. The Hall–Kier alpha value is -2.29. The van der Waals surface area contributed by atoms with Gasteiger partial charge < -0.3 is 25.4 Å². The summed E-state index contributed by atoms with van der Waals surface area (Å²) >= 11 is 0. The molecule has 1 aliphatic heterocycles. The van der Waals surface area contributed by atoms with Gasteiger partial charge in [0.25, 0.3) is 0 Å².